The lowest BCUT2D eigenvalue weighted by Gasteiger charge is -2.25. The molecule has 3 heteroatoms. The molecule has 0 atom stereocenters. The van der Waals surface area contributed by atoms with Crippen molar-refractivity contribution >= 4 is 16.9 Å². The summed E-state index contributed by atoms with van der Waals surface area (Å²) < 4.78 is 0. The average Bonchev–Trinajstić information content (AvgIpc) is 2.26. The predicted molar refractivity (Wildman–Crippen MR) is 71.8 cm³/mol. The molecule has 94 valence electrons. The number of aryl methyl sites for hydroxylation is 1. The largest absolute Gasteiger partial charge is 0.481 e. The molecule has 0 aliphatic heterocycles. The van der Waals surface area contributed by atoms with E-state index in [0.29, 0.717) is 0 Å². The monoisotopic (exact) mass is 243 g/mol. The molecule has 0 spiro atoms. The topological polar surface area (TPSA) is 50.2 Å². The molecule has 0 bridgehead atoms. The lowest BCUT2D eigenvalue weighted by atomic mass is 9.79. The fraction of sp³-hybridized carbons (Fsp3) is 0.333. The lowest BCUT2D eigenvalue weighted by Crippen LogP contribution is -2.22. The van der Waals surface area contributed by atoms with Crippen LogP contribution in [0, 0.1) is 6.92 Å². The van der Waals surface area contributed by atoms with Crippen molar-refractivity contribution in [2.24, 2.45) is 0 Å². The molecule has 1 aromatic carbocycles. The lowest BCUT2D eigenvalue weighted by molar-refractivity contribution is -0.138. The Balaban J connectivity index is 2.66. The van der Waals surface area contributed by atoms with Gasteiger partial charge in [-0.15, -0.1) is 0 Å². The first kappa shape index (κ1) is 12.6. The predicted octanol–water partition coefficient (Wildman–Crippen LogP) is 3.30. The Hall–Kier alpha value is -1.90. The highest BCUT2D eigenvalue weighted by molar-refractivity contribution is 5.84. The summed E-state index contributed by atoms with van der Waals surface area (Å²) in [6.07, 6.45) is 0.112. The van der Waals surface area contributed by atoms with Crippen LogP contribution in [-0.2, 0) is 10.2 Å². The number of pyridine rings is 1. The van der Waals surface area contributed by atoms with Crippen molar-refractivity contribution in [3.8, 4) is 0 Å². The minimum Gasteiger partial charge on any atom is -0.481 e. The average molecular weight is 243 g/mol. The molecule has 1 N–H and O–H groups in total. The zero-order valence-electron chi connectivity index (χ0n) is 10.9. The van der Waals surface area contributed by atoms with E-state index in [2.05, 4.69) is 4.98 Å². The minimum absolute atomic E-state index is 0.112. The van der Waals surface area contributed by atoms with E-state index in [1.807, 2.05) is 51.1 Å². The van der Waals surface area contributed by atoms with Gasteiger partial charge in [-0.25, -0.2) is 0 Å². The number of rotatable bonds is 3. The zero-order chi connectivity index (χ0) is 13.3. The van der Waals surface area contributed by atoms with Gasteiger partial charge in [0.25, 0.3) is 0 Å². The van der Waals surface area contributed by atoms with Crippen molar-refractivity contribution in [3.63, 3.8) is 0 Å². The molecule has 0 unspecified atom stereocenters. The van der Waals surface area contributed by atoms with E-state index in [1.165, 1.54) is 0 Å². The second-order valence-corrected chi connectivity index (χ2v) is 5.28. The molecule has 1 heterocycles. The van der Waals surface area contributed by atoms with Crippen molar-refractivity contribution in [3.05, 3.63) is 41.6 Å². The number of carboxylic acids is 1. The first-order chi connectivity index (χ1) is 8.40. The summed E-state index contributed by atoms with van der Waals surface area (Å²) in [6, 6.07) is 9.86. The summed E-state index contributed by atoms with van der Waals surface area (Å²) in [7, 11) is 0. The third-order valence-electron chi connectivity index (χ3n) is 3.17. The molecule has 0 fully saturated rings. The van der Waals surface area contributed by atoms with Gasteiger partial charge < -0.3 is 5.11 Å². The molecule has 2 rings (SSSR count). The van der Waals surface area contributed by atoms with Crippen LogP contribution in [0.15, 0.2) is 30.3 Å². The summed E-state index contributed by atoms with van der Waals surface area (Å²) in [5.41, 5.74) is 2.49. The number of hydrogen-bond donors (Lipinski definition) is 1. The van der Waals surface area contributed by atoms with Crippen molar-refractivity contribution < 1.29 is 9.90 Å². The first-order valence-corrected chi connectivity index (χ1v) is 5.99. The van der Waals surface area contributed by atoms with Crippen molar-refractivity contribution in [2.75, 3.05) is 0 Å². The van der Waals surface area contributed by atoms with Crippen LogP contribution in [0.1, 0.15) is 31.5 Å². The van der Waals surface area contributed by atoms with Gasteiger partial charge in [0, 0.05) is 16.5 Å². The van der Waals surface area contributed by atoms with Crippen LogP contribution in [0.3, 0.4) is 0 Å². The van der Waals surface area contributed by atoms with Crippen LogP contribution in [0.25, 0.3) is 10.9 Å². The SMILES string of the molecule is Cc1cc(C(C)(C)CC(=O)O)c2ccccc2n1. The van der Waals surface area contributed by atoms with Crippen molar-refractivity contribution in [1.29, 1.82) is 0 Å². The Morgan fingerprint density at radius 3 is 2.67 bits per heavy atom. The molecular weight excluding hydrogens is 226 g/mol. The number of aromatic nitrogens is 1. The summed E-state index contributed by atoms with van der Waals surface area (Å²) in [5.74, 6) is -0.779. The van der Waals surface area contributed by atoms with Crippen molar-refractivity contribution in [1.82, 2.24) is 4.98 Å². The highest BCUT2D eigenvalue weighted by Gasteiger charge is 2.26. The summed E-state index contributed by atoms with van der Waals surface area (Å²) in [6.45, 7) is 5.86. The standard InChI is InChI=1S/C15H17NO2/c1-10-8-12(15(2,3)9-14(17)18)11-6-4-5-7-13(11)16-10/h4-8H,9H2,1-3H3,(H,17,18). The van der Waals surface area contributed by atoms with Gasteiger partial charge >= 0.3 is 5.97 Å². The molecular formula is C15H17NO2. The molecule has 3 nitrogen and oxygen atoms in total. The van der Waals surface area contributed by atoms with Crippen LogP contribution in [-0.4, -0.2) is 16.1 Å². The van der Waals surface area contributed by atoms with Gasteiger partial charge in [-0.3, -0.25) is 9.78 Å². The van der Waals surface area contributed by atoms with Crippen LogP contribution in [0.5, 0.6) is 0 Å². The number of nitrogens with zero attached hydrogens (tertiary/aromatic N) is 1. The van der Waals surface area contributed by atoms with Gasteiger partial charge in [0.05, 0.1) is 11.9 Å². The van der Waals surface area contributed by atoms with Crippen LogP contribution in [0.2, 0.25) is 0 Å². The summed E-state index contributed by atoms with van der Waals surface area (Å²) >= 11 is 0. The van der Waals surface area contributed by atoms with Crippen molar-refractivity contribution in [2.45, 2.75) is 32.6 Å². The second kappa shape index (κ2) is 4.41. The van der Waals surface area contributed by atoms with E-state index in [-0.39, 0.29) is 6.42 Å². The fourth-order valence-electron chi connectivity index (χ4n) is 2.34. The normalized spacial score (nSPS) is 11.7. The van der Waals surface area contributed by atoms with E-state index in [4.69, 9.17) is 5.11 Å². The van der Waals surface area contributed by atoms with Gasteiger partial charge in [-0.05, 0) is 24.6 Å². The Morgan fingerprint density at radius 1 is 1.33 bits per heavy atom. The molecule has 0 radical (unpaired) electrons. The Morgan fingerprint density at radius 2 is 2.00 bits per heavy atom. The first-order valence-electron chi connectivity index (χ1n) is 5.99. The number of para-hydroxylation sites is 1. The van der Waals surface area contributed by atoms with Crippen LogP contribution in [0.4, 0.5) is 0 Å². The fourth-order valence-corrected chi connectivity index (χ4v) is 2.34. The number of carbonyl (C=O) groups is 1. The molecule has 0 saturated carbocycles. The van der Waals surface area contributed by atoms with E-state index < -0.39 is 11.4 Å². The molecule has 0 saturated heterocycles. The van der Waals surface area contributed by atoms with Gasteiger partial charge in [-0.2, -0.15) is 0 Å². The van der Waals surface area contributed by atoms with Gasteiger partial charge in [0.1, 0.15) is 0 Å². The summed E-state index contributed by atoms with van der Waals surface area (Å²) in [5, 5.41) is 10.1. The van der Waals surface area contributed by atoms with Crippen LogP contribution < -0.4 is 0 Å². The number of hydrogen-bond acceptors (Lipinski definition) is 2. The number of aliphatic carboxylic acids is 1. The molecule has 0 aliphatic carbocycles. The highest BCUT2D eigenvalue weighted by atomic mass is 16.4. The zero-order valence-corrected chi connectivity index (χ0v) is 10.9. The minimum atomic E-state index is -0.779. The third kappa shape index (κ3) is 2.35. The summed E-state index contributed by atoms with van der Waals surface area (Å²) in [4.78, 5) is 15.5. The molecule has 2 aromatic rings. The smallest absolute Gasteiger partial charge is 0.304 e. The second-order valence-electron chi connectivity index (χ2n) is 5.28. The van der Waals surface area contributed by atoms with Gasteiger partial charge in [0.15, 0.2) is 0 Å². The maximum Gasteiger partial charge on any atom is 0.304 e. The van der Waals surface area contributed by atoms with Gasteiger partial charge in [-0.1, -0.05) is 32.0 Å². The third-order valence-corrected chi connectivity index (χ3v) is 3.17. The highest BCUT2D eigenvalue weighted by Crippen LogP contribution is 2.32. The number of carboxylic acid groups (broad SMARTS) is 1. The van der Waals surface area contributed by atoms with Crippen LogP contribution >= 0.6 is 0 Å². The Labute approximate surface area is 106 Å². The molecule has 0 amide bonds. The van der Waals surface area contributed by atoms with Gasteiger partial charge in [0.2, 0.25) is 0 Å². The van der Waals surface area contributed by atoms with E-state index in [9.17, 15) is 4.79 Å². The number of fused-ring (bicyclic) bond motifs is 1. The van der Waals surface area contributed by atoms with E-state index >= 15 is 0 Å². The van der Waals surface area contributed by atoms with E-state index in [0.717, 1.165) is 22.2 Å². The Bertz CT molecular complexity index is 602. The maximum atomic E-state index is 11.0. The molecule has 0 aliphatic rings. The molecule has 1 aromatic heterocycles. The maximum absolute atomic E-state index is 11.0. The Kier molecular flexibility index (Phi) is 3.07. The molecule has 18 heavy (non-hydrogen) atoms. The quantitative estimate of drug-likeness (QED) is 0.899. The number of benzene rings is 1. The van der Waals surface area contributed by atoms with E-state index in [1.54, 1.807) is 0 Å².